The zero-order valence-electron chi connectivity index (χ0n) is 33.9. The van der Waals surface area contributed by atoms with Crippen LogP contribution in [0.3, 0.4) is 0 Å². The third-order valence-corrected chi connectivity index (χ3v) is 12.5. The fourth-order valence-electron chi connectivity index (χ4n) is 9.48. The molecule has 0 aliphatic carbocycles. The molecule has 0 bridgehead atoms. The second-order valence-corrected chi connectivity index (χ2v) is 16.0. The van der Waals surface area contributed by atoms with E-state index in [0.717, 1.165) is 72.4 Å². The monoisotopic (exact) mass is 789 g/mol. The van der Waals surface area contributed by atoms with Gasteiger partial charge in [0.25, 0.3) is 0 Å². The summed E-state index contributed by atoms with van der Waals surface area (Å²) in [7, 11) is 0. The molecule has 2 heteroatoms. The van der Waals surface area contributed by atoms with E-state index in [4.69, 9.17) is 4.42 Å². The summed E-state index contributed by atoms with van der Waals surface area (Å²) < 4.78 is 6.80. The predicted molar refractivity (Wildman–Crippen MR) is 263 cm³/mol. The van der Waals surface area contributed by atoms with Crippen molar-refractivity contribution in [1.29, 1.82) is 0 Å². The first-order valence-corrected chi connectivity index (χ1v) is 21.2. The Hall–Kier alpha value is -8.20. The zero-order valence-corrected chi connectivity index (χ0v) is 33.9. The van der Waals surface area contributed by atoms with Crippen molar-refractivity contribution in [3.63, 3.8) is 0 Å². The Kier molecular flexibility index (Phi) is 8.53. The molecule has 0 N–H and O–H groups in total. The first-order valence-electron chi connectivity index (χ1n) is 21.2. The molecular weight excluding hydrogens is 751 g/mol. The van der Waals surface area contributed by atoms with Gasteiger partial charge in [-0.05, 0) is 96.7 Å². The number of rotatable bonds is 7. The minimum absolute atomic E-state index is 0.906. The van der Waals surface area contributed by atoms with Crippen LogP contribution in [0.4, 0.5) is 17.1 Å². The van der Waals surface area contributed by atoms with E-state index in [1.165, 1.54) is 43.4 Å². The standard InChI is InChI=1S/C60H39NO/c1-2-14-42(15-3-1)52-26-12-28-56-57-29-13-27-53(60(57)62-59(52)56)45-20-10-19-44(38-45)40-30-34-47(35-31-40)61(58-39-46-17-5-7-22-51(46)54-23-8-9-24-55(54)58)48-36-32-43(33-37-48)50-25-11-18-41-16-4-6-21-49(41)50/h1-39H. The van der Waals surface area contributed by atoms with E-state index in [9.17, 15) is 0 Å². The highest BCUT2D eigenvalue weighted by atomic mass is 16.3. The molecule has 0 saturated carbocycles. The fourth-order valence-corrected chi connectivity index (χ4v) is 9.48. The van der Waals surface area contributed by atoms with Crippen molar-refractivity contribution in [3.05, 3.63) is 237 Å². The van der Waals surface area contributed by atoms with Crippen LogP contribution in [0, 0.1) is 0 Å². The summed E-state index contributed by atoms with van der Waals surface area (Å²) in [6.07, 6.45) is 0. The Balaban J connectivity index is 0.955. The van der Waals surface area contributed by atoms with Crippen LogP contribution in [0.5, 0.6) is 0 Å². The maximum atomic E-state index is 6.80. The van der Waals surface area contributed by atoms with Gasteiger partial charge in [0, 0.05) is 38.7 Å². The van der Waals surface area contributed by atoms with Crippen molar-refractivity contribution in [1.82, 2.24) is 0 Å². The first kappa shape index (κ1) is 35.7. The molecule has 0 atom stereocenters. The second kappa shape index (κ2) is 14.8. The molecule has 0 radical (unpaired) electrons. The number of furan rings is 1. The van der Waals surface area contributed by atoms with Crippen molar-refractivity contribution < 1.29 is 4.42 Å². The number of nitrogens with zero attached hydrogens (tertiary/aromatic N) is 1. The van der Waals surface area contributed by atoms with Crippen molar-refractivity contribution >= 4 is 71.3 Å². The average Bonchev–Trinajstić information content (AvgIpc) is 3.74. The van der Waals surface area contributed by atoms with E-state index >= 15 is 0 Å². The van der Waals surface area contributed by atoms with Crippen molar-refractivity contribution in [2.75, 3.05) is 4.90 Å². The second-order valence-electron chi connectivity index (χ2n) is 16.0. The Labute approximate surface area is 360 Å². The average molecular weight is 790 g/mol. The van der Waals surface area contributed by atoms with Crippen LogP contribution in [0.15, 0.2) is 241 Å². The van der Waals surface area contributed by atoms with Gasteiger partial charge >= 0.3 is 0 Å². The highest BCUT2D eigenvalue weighted by Crippen LogP contribution is 2.44. The molecule has 1 aromatic heterocycles. The van der Waals surface area contributed by atoms with E-state index in [2.05, 4.69) is 241 Å². The highest BCUT2D eigenvalue weighted by Gasteiger charge is 2.19. The molecule has 0 aliphatic heterocycles. The van der Waals surface area contributed by atoms with Gasteiger partial charge in [0.2, 0.25) is 0 Å². The SMILES string of the molecule is c1ccc(-c2cccc3c2oc2c(-c4cccc(-c5ccc(N(c6ccc(-c7cccc8ccccc78)cc6)c6cc7ccccc7c7ccccc67)cc5)c4)cccc23)cc1. The largest absolute Gasteiger partial charge is 0.455 e. The first-order chi connectivity index (χ1) is 30.7. The maximum absolute atomic E-state index is 6.80. The van der Waals surface area contributed by atoms with Gasteiger partial charge in [0.15, 0.2) is 0 Å². The van der Waals surface area contributed by atoms with Crippen LogP contribution in [0.25, 0.3) is 98.8 Å². The summed E-state index contributed by atoms with van der Waals surface area (Å²) in [5.74, 6) is 0. The number of hydrogen-bond donors (Lipinski definition) is 0. The van der Waals surface area contributed by atoms with Gasteiger partial charge in [-0.2, -0.15) is 0 Å². The normalized spacial score (nSPS) is 11.5. The van der Waals surface area contributed by atoms with E-state index in [1.54, 1.807) is 0 Å². The molecule has 0 fully saturated rings. The molecule has 62 heavy (non-hydrogen) atoms. The van der Waals surface area contributed by atoms with Crippen LogP contribution in [0.1, 0.15) is 0 Å². The molecule has 0 spiro atoms. The van der Waals surface area contributed by atoms with E-state index < -0.39 is 0 Å². The number of hydrogen-bond acceptors (Lipinski definition) is 2. The number of fused-ring (bicyclic) bond motifs is 7. The Morgan fingerprint density at radius 1 is 0.258 bits per heavy atom. The minimum Gasteiger partial charge on any atom is -0.455 e. The van der Waals surface area contributed by atoms with Crippen LogP contribution in [0.2, 0.25) is 0 Å². The lowest BCUT2D eigenvalue weighted by atomic mass is 9.96. The van der Waals surface area contributed by atoms with Gasteiger partial charge in [0.05, 0.1) is 5.69 Å². The third-order valence-electron chi connectivity index (χ3n) is 12.5. The van der Waals surface area contributed by atoms with Crippen molar-refractivity contribution in [2.24, 2.45) is 0 Å². The summed E-state index contributed by atoms with van der Waals surface area (Å²) in [5, 5.41) is 9.66. The quantitative estimate of drug-likeness (QED) is 0.150. The highest BCUT2D eigenvalue weighted by molar-refractivity contribution is 6.15. The molecular formula is C60H39NO. The van der Waals surface area contributed by atoms with Crippen molar-refractivity contribution in [2.45, 2.75) is 0 Å². The van der Waals surface area contributed by atoms with Gasteiger partial charge in [-0.1, -0.05) is 200 Å². The summed E-state index contributed by atoms with van der Waals surface area (Å²) in [4.78, 5) is 2.41. The Morgan fingerprint density at radius 3 is 1.45 bits per heavy atom. The van der Waals surface area contributed by atoms with Gasteiger partial charge < -0.3 is 9.32 Å². The minimum atomic E-state index is 0.906. The summed E-state index contributed by atoms with van der Waals surface area (Å²) >= 11 is 0. The molecule has 11 aromatic carbocycles. The van der Waals surface area contributed by atoms with E-state index in [1.807, 2.05) is 0 Å². The number of para-hydroxylation sites is 2. The zero-order chi connectivity index (χ0) is 41.0. The molecule has 0 aliphatic rings. The molecule has 0 saturated heterocycles. The lowest BCUT2D eigenvalue weighted by Crippen LogP contribution is -2.10. The molecule has 2 nitrogen and oxygen atoms in total. The van der Waals surface area contributed by atoms with Gasteiger partial charge in [-0.25, -0.2) is 0 Å². The molecule has 0 amide bonds. The summed E-state index contributed by atoms with van der Waals surface area (Å²) in [5.41, 5.74) is 14.3. The molecule has 12 aromatic rings. The van der Waals surface area contributed by atoms with Crippen LogP contribution in [-0.4, -0.2) is 0 Å². The topological polar surface area (TPSA) is 16.4 Å². The predicted octanol–water partition coefficient (Wildman–Crippen LogP) is 17.2. The van der Waals surface area contributed by atoms with Gasteiger partial charge in [-0.15, -0.1) is 0 Å². The van der Waals surface area contributed by atoms with Crippen molar-refractivity contribution in [3.8, 4) is 44.5 Å². The van der Waals surface area contributed by atoms with Crippen LogP contribution >= 0.6 is 0 Å². The Bertz CT molecular complexity index is 3610. The third kappa shape index (κ3) is 6.04. The molecule has 0 unspecified atom stereocenters. The fraction of sp³-hybridized carbons (Fsp3) is 0. The lowest BCUT2D eigenvalue weighted by Gasteiger charge is -2.28. The van der Waals surface area contributed by atoms with E-state index in [0.29, 0.717) is 0 Å². The lowest BCUT2D eigenvalue weighted by molar-refractivity contribution is 0.671. The summed E-state index contributed by atoms with van der Waals surface area (Å²) in [6, 6.07) is 85.3. The smallest absolute Gasteiger partial charge is 0.143 e. The van der Waals surface area contributed by atoms with Crippen LogP contribution in [-0.2, 0) is 0 Å². The number of anilines is 3. The van der Waals surface area contributed by atoms with Gasteiger partial charge in [0.1, 0.15) is 11.2 Å². The van der Waals surface area contributed by atoms with Gasteiger partial charge in [-0.3, -0.25) is 0 Å². The maximum Gasteiger partial charge on any atom is 0.143 e. The van der Waals surface area contributed by atoms with E-state index in [-0.39, 0.29) is 0 Å². The number of benzene rings is 11. The summed E-state index contributed by atoms with van der Waals surface area (Å²) in [6.45, 7) is 0. The molecule has 290 valence electrons. The van der Waals surface area contributed by atoms with Crippen LogP contribution < -0.4 is 4.90 Å². The molecule has 12 rings (SSSR count). The molecule has 1 heterocycles. The Morgan fingerprint density at radius 2 is 0.726 bits per heavy atom.